The van der Waals surface area contributed by atoms with E-state index < -0.39 is 0 Å². The Morgan fingerprint density at radius 1 is 0.824 bits per heavy atom. The van der Waals surface area contributed by atoms with Crippen molar-refractivity contribution in [1.29, 1.82) is 0 Å². The molecular weight excluding hydrogens is 713 g/mol. The summed E-state index contributed by atoms with van der Waals surface area (Å²) < 4.78 is 10.7. The molecule has 51 heavy (non-hydrogen) atoms. The van der Waals surface area contributed by atoms with Crippen molar-refractivity contribution in [3.05, 3.63) is 149 Å². The number of amides is 1. The van der Waals surface area contributed by atoms with Crippen molar-refractivity contribution in [1.82, 2.24) is 9.88 Å². The van der Waals surface area contributed by atoms with Crippen molar-refractivity contribution < 1.29 is 51.1 Å². The molecule has 2 aromatic carbocycles. The van der Waals surface area contributed by atoms with Gasteiger partial charge in [0.15, 0.2) is 11.5 Å². The summed E-state index contributed by atoms with van der Waals surface area (Å²) in [4.78, 5) is 35.0. The summed E-state index contributed by atoms with van der Waals surface area (Å²) in [7, 11) is 0. The van der Waals surface area contributed by atoms with Gasteiger partial charge in [0.1, 0.15) is 0 Å². The average Bonchev–Trinajstić information content (AvgIpc) is 3.90. The van der Waals surface area contributed by atoms with Crippen LogP contribution in [-0.2, 0) is 39.1 Å². The number of aryl methyl sites for hydroxylation is 2. The second-order valence-corrected chi connectivity index (χ2v) is 13.4. The molecule has 1 amide bonds. The second kappa shape index (κ2) is 19.2. The molecule has 7 rings (SSSR count). The van der Waals surface area contributed by atoms with Gasteiger partial charge in [-0.3, -0.25) is 14.6 Å². The minimum atomic E-state index is -0.239. The molecule has 2 aliphatic heterocycles. The Bertz CT molecular complexity index is 1760. The molecule has 0 spiro atoms. The molecule has 2 fully saturated rings. The van der Waals surface area contributed by atoms with E-state index in [4.69, 9.17) is 8.83 Å². The Hall–Kier alpha value is -3.69. The first-order chi connectivity index (χ1) is 24.5. The largest absolute Gasteiger partial charge is 0.662 e. The molecule has 0 aliphatic carbocycles. The molecule has 5 aromatic rings. The second-order valence-electron chi connectivity index (χ2n) is 13.4. The van der Waals surface area contributed by atoms with Crippen LogP contribution in [0.2, 0.25) is 0 Å². The third-order valence-corrected chi connectivity index (χ3v) is 9.83. The van der Waals surface area contributed by atoms with Gasteiger partial charge in [0.2, 0.25) is 5.78 Å². The zero-order valence-corrected chi connectivity index (χ0v) is 32.5. The maximum atomic E-state index is 13.3. The molecule has 1 radical (unpaired) electrons. The van der Waals surface area contributed by atoms with E-state index in [1.165, 1.54) is 17.4 Å². The molecule has 1 unspecified atom stereocenters. The molecule has 8 nitrogen and oxygen atoms in total. The predicted molar refractivity (Wildman–Crippen MR) is 197 cm³/mol. The van der Waals surface area contributed by atoms with E-state index in [1.807, 2.05) is 61.3 Å². The van der Waals surface area contributed by atoms with Gasteiger partial charge >= 0.3 is 0 Å². The number of benzene rings is 2. The molecule has 0 bridgehead atoms. The van der Waals surface area contributed by atoms with Crippen LogP contribution >= 0.6 is 0 Å². The number of aromatic nitrogens is 1. The molecule has 0 saturated carbocycles. The van der Waals surface area contributed by atoms with Gasteiger partial charge in [-0.25, -0.2) is 0 Å². The standard InChI is InChI=1S/C25H28N2O2.C17H19N2O2.Y/c1-19-9-13-26-22(18-19)24(25(28)23-8-5-17-29-23)21-11-15-27(16-12-21)14-10-20-6-3-2-4-7-20;1-13-4-6-14(7-5-13)19(15-8-10-18-11-9-15)17(20)16-3-2-12-21-16;/h2-9,13,17-18,21,24H,10-12,14-16H2,1H3;2-7,12,15H,8-11H2,1H3;/q;-1;. The number of piperidine rings is 2. The van der Waals surface area contributed by atoms with Crippen LogP contribution in [0.1, 0.15) is 75.1 Å². The average molecular weight is 761 g/mol. The number of hydrogen-bond acceptors (Lipinski definition) is 6. The van der Waals surface area contributed by atoms with E-state index in [1.54, 1.807) is 30.5 Å². The first-order valence-electron chi connectivity index (χ1n) is 17.8. The third kappa shape index (κ3) is 10.4. The van der Waals surface area contributed by atoms with E-state index in [2.05, 4.69) is 45.5 Å². The molecular formula is C42H47N4O4Y-. The Balaban J connectivity index is 0.000000204. The Labute approximate surface area is 326 Å². The van der Waals surface area contributed by atoms with Crippen LogP contribution in [-0.4, -0.2) is 60.3 Å². The van der Waals surface area contributed by atoms with Gasteiger partial charge in [-0.2, -0.15) is 0 Å². The molecule has 2 saturated heterocycles. The van der Waals surface area contributed by atoms with Crippen LogP contribution in [0.3, 0.4) is 0 Å². The topological polar surface area (TPSA) is 93.9 Å². The molecule has 0 N–H and O–H groups in total. The van der Waals surface area contributed by atoms with Crippen molar-refractivity contribution in [2.45, 2.75) is 57.9 Å². The summed E-state index contributed by atoms with van der Waals surface area (Å²) in [5.74, 6) is 0.849. The number of likely N-dealkylation sites (tertiary alicyclic amines) is 1. The van der Waals surface area contributed by atoms with Crippen molar-refractivity contribution in [2.24, 2.45) is 5.92 Å². The Morgan fingerprint density at radius 2 is 1.49 bits per heavy atom. The number of ketones is 1. The first-order valence-corrected chi connectivity index (χ1v) is 17.8. The summed E-state index contributed by atoms with van der Waals surface area (Å²) in [5.41, 5.74) is 5.49. The van der Waals surface area contributed by atoms with Gasteiger partial charge in [-0.05, 0) is 112 Å². The van der Waals surface area contributed by atoms with Crippen molar-refractivity contribution in [3.63, 3.8) is 0 Å². The van der Waals surface area contributed by atoms with E-state index >= 15 is 0 Å². The summed E-state index contributed by atoms with van der Waals surface area (Å²) in [5, 5.41) is 4.38. The number of pyridine rings is 1. The molecule has 5 heterocycles. The summed E-state index contributed by atoms with van der Waals surface area (Å²) in [6, 6.07) is 29.9. The minimum absolute atomic E-state index is 0. The number of Topliss-reactive ketones (excluding diaryl/α,β-unsaturated/α-hetero) is 1. The van der Waals surface area contributed by atoms with Gasteiger partial charge in [-0.15, -0.1) is 13.1 Å². The van der Waals surface area contributed by atoms with Crippen LogP contribution < -0.4 is 4.90 Å². The zero-order chi connectivity index (χ0) is 34.7. The number of hydrogen-bond donors (Lipinski definition) is 0. The molecule has 3 aromatic heterocycles. The van der Waals surface area contributed by atoms with Gasteiger partial charge in [0, 0.05) is 57.2 Å². The number of nitrogens with zero attached hydrogens (tertiary/aromatic N) is 4. The quantitative estimate of drug-likeness (QED) is 0.132. The van der Waals surface area contributed by atoms with Crippen molar-refractivity contribution in [2.75, 3.05) is 37.6 Å². The fraction of sp³-hybridized carbons (Fsp3) is 0.357. The van der Waals surface area contributed by atoms with Crippen molar-refractivity contribution >= 4 is 17.4 Å². The van der Waals surface area contributed by atoms with Crippen LogP contribution in [0.4, 0.5) is 5.69 Å². The van der Waals surface area contributed by atoms with Crippen LogP contribution in [0.5, 0.6) is 0 Å². The fourth-order valence-corrected chi connectivity index (χ4v) is 7.05. The zero-order valence-electron chi connectivity index (χ0n) is 29.7. The number of carbonyl (C=O) groups is 2. The van der Waals surface area contributed by atoms with E-state index in [-0.39, 0.29) is 62.3 Å². The Kier molecular flexibility index (Phi) is 14.5. The normalized spacial score (nSPS) is 16.0. The summed E-state index contributed by atoms with van der Waals surface area (Å²) in [6.45, 7) is 8.83. The third-order valence-electron chi connectivity index (χ3n) is 9.83. The minimum Gasteiger partial charge on any atom is -0.662 e. The molecule has 1 atom stereocenters. The van der Waals surface area contributed by atoms with E-state index in [0.717, 1.165) is 81.8 Å². The van der Waals surface area contributed by atoms with Crippen LogP contribution in [0, 0.1) is 19.8 Å². The number of carbonyl (C=O) groups excluding carboxylic acids is 2. The monoisotopic (exact) mass is 760 g/mol. The molecule has 9 heteroatoms. The van der Waals surface area contributed by atoms with Crippen molar-refractivity contribution in [3.8, 4) is 0 Å². The number of rotatable bonds is 10. The smallest absolute Gasteiger partial charge is 0.294 e. The first kappa shape index (κ1) is 38.5. The van der Waals surface area contributed by atoms with Gasteiger partial charge in [0.05, 0.1) is 24.1 Å². The van der Waals surface area contributed by atoms with Gasteiger partial charge in [-0.1, -0.05) is 60.9 Å². The maximum absolute atomic E-state index is 13.3. The molecule has 263 valence electrons. The van der Waals surface area contributed by atoms with Crippen LogP contribution in [0.15, 0.2) is 119 Å². The predicted octanol–water partition coefficient (Wildman–Crippen LogP) is 8.67. The molecule has 2 aliphatic rings. The van der Waals surface area contributed by atoms with Crippen LogP contribution in [0.25, 0.3) is 5.32 Å². The SMILES string of the molecule is Cc1ccc(N(C(=O)c2ccco2)C2CC[N-]CC2)cc1.Cc1ccnc(C(C(=O)c2ccco2)C2CCN(CCc3ccccc3)CC2)c1.[Y]. The Morgan fingerprint density at radius 3 is 2.12 bits per heavy atom. The van der Waals surface area contributed by atoms with Gasteiger partial charge < -0.3 is 24.0 Å². The number of furan rings is 2. The maximum Gasteiger partial charge on any atom is 0.294 e. The number of anilines is 1. The van der Waals surface area contributed by atoms with E-state index in [9.17, 15) is 9.59 Å². The van der Waals surface area contributed by atoms with E-state index in [0.29, 0.717) is 11.5 Å². The summed E-state index contributed by atoms with van der Waals surface area (Å²) >= 11 is 0. The fourth-order valence-electron chi connectivity index (χ4n) is 7.05. The van der Waals surface area contributed by atoms with Gasteiger partial charge in [0.25, 0.3) is 5.91 Å². The summed E-state index contributed by atoms with van der Waals surface area (Å²) in [6.07, 6.45) is 9.79.